The number of rotatable bonds is 3. The zero-order chi connectivity index (χ0) is 15.3. The van der Waals surface area contributed by atoms with Crippen molar-refractivity contribution in [2.24, 2.45) is 0 Å². The molecule has 8 heteroatoms. The SMILES string of the molecule is CNC(=O)NC(=O)[C@H](C)OC(=O)c1ccc(F)cc1N. The van der Waals surface area contributed by atoms with E-state index < -0.39 is 29.8 Å². The first-order valence-electron chi connectivity index (χ1n) is 5.63. The van der Waals surface area contributed by atoms with Crippen LogP contribution >= 0.6 is 0 Å². The minimum absolute atomic E-state index is 0.0639. The molecule has 0 spiro atoms. The quantitative estimate of drug-likeness (QED) is 0.549. The number of carbonyl (C=O) groups excluding carboxylic acids is 3. The number of hydrogen-bond acceptors (Lipinski definition) is 5. The van der Waals surface area contributed by atoms with Gasteiger partial charge in [0.15, 0.2) is 6.10 Å². The summed E-state index contributed by atoms with van der Waals surface area (Å²) in [5.74, 6) is -2.27. The van der Waals surface area contributed by atoms with Gasteiger partial charge in [-0.25, -0.2) is 14.0 Å². The number of nitrogens with two attached hydrogens (primary N) is 1. The van der Waals surface area contributed by atoms with Gasteiger partial charge in [0, 0.05) is 12.7 Å². The number of ether oxygens (including phenoxy) is 1. The van der Waals surface area contributed by atoms with Crippen LogP contribution < -0.4 is 16.4 Å². The van der Waals surface area contributed by atoms with Crippen LogP contribution in [0.1, 0.15) is 17.3 Å². The third-order valence-electron chi connectivity index (χ3n) is 2.35. The van der Waals surface area contributed by atoms with Crippen molar-refractivity contribution >= 4 is 23.6 Å². The van der Waals surface area contributed by atoms with E-state index in [1.54, 1.807) is 0 Å². The molecule has 0 heterocycles. The summed E-state index contributed by atoms with van der Waals surface area (Å²) in [4.78, 5) is 34.1. The van der Waals surface area contributed by atoms with E-state index in [0.29, 0.717) is 0 Å². The maximum atomic E-state index is 12.8. The second-order valence-electron chi connectivity index (χ2n) is 3.85. The molecular weight excluding hydrogens is 269 g/mol. The summed E-state index contributed by atoms with van der Waals surface area (Å²) in [5.41, 5.74) is 5.30. The molecule has 20 heavy (non-hydrogen) atoms. The number of hydrogen-bond donors (Lipinski definition) is 3. The van der Waals surface area contributed by atoms with Gasteiger partial charge < -0.3 is 15.8 Å². The number of anilines is 1. The largest absolute Gasteiger partial charge is 0.449 e. The summed E-state index contributed by atoms with van der Waals surface area (Å²) >= 11 is 0. The summed E-state index contributed by atoms with van der Waals surface area (Å²) in [5, 5.41) is 4.13. The van der Waals surface area contributed by atoms with E-state index in [1.165, 1.54) is 14.0 Å². The molecule has 0 aliphatic heterocycles. The van der Waals surface area contributed by atoms with E-state index in [9.17, 15) is 18.8 Å². The Morgan fingerprint density at radius 3 is 2.55 bits per heavy atom. The van der Waals surface area contributed by atoms with Gasteiger partial charge in [0.2, 0.25) is 0 Å². The van der Waals surface area contributed by atoms with Gasteiger partial charge in [-0.05, 0) is 25.1 Å². The van der Waals surface area contributed by atoms with Gasteiger partial charge >= 0.3 is 12.0 Å². The fourth-order valence-corrected chi connectivity index (χ4v) is 1.27. The summed E-state index contributed by atoms with van der Waals surface area (Å²) in [6.07, 6.45) is -1.20. The number of amides is 3. The molecule has 108 valence electrons. The lowest BCUT2D eigenvalue weighted by molar-refractivity contribution is -0.127. The van der Waals surface area contributed by atoms with Crippen LogP contribution in [0, 0.1) is 5.82 Å². The molecule has 7 nitrogen and oxygen atoms in total. The predicted molar refractivity (Wildman–Crippen MR) is 68.3 cm³/mol. The first-order chi connectivity index (χ1) is 9.35. The number of carbonyl (C=O) groups is 3. The zero-order valence-corrected chi connectivity index (χ0v) is 10.9. The second-order valence-corrected chi connectivity index (χ2v) is 3.85. The van der Waals surface area contributed by atoms with Crippen molar-refractivity contribution in [1.82, 2.24) is 10.6 Å². The Kier molecular flexibility index (Phi) is 5.01. The highest BCUT2D eigenvalue weighted by atomic mass is 19.1. The minimum Gasteiger partial charge on any atom is -0.449 e. The molecule has 1 rings (SSSR count). The molecule has 0 radical (unpaired) electrons. The van der Waals surface area contributed by atoms with Crippen LogP contribution in [0.2, 0.25) is 0 Å². The highest BCUT2D eigenvalue weighted by molar-refractivity contribution is 5.99. The number of esters is 1. The lowest BCUT2D eigenvalue weighted by atomic mass is 10.2. The van der Waals surface area contributed by atoms with E-state index in [-0.39, 0.29) is 11.3 Å². The molecule has 0 aliphatic carbocycles. The molecule has 4 N–H and O–H groups in total. The Morgan fingerprint density at radius 1 is 1.35 bits per heavy atom. The first kappa shape index (κ1) is 15.4. The van der Waals surface area contributed by atoms with E-state index in [0.717, 1.165) is 18.2 Å². The molecule has 0 saturated carbocycles. The van der Waals surface area contributed by atoms with Crippen LogP contribution in [0.25, 0.3) is 0 Å². The highest BCUT2D eigenvalue weighted by Crippen LogP contribution is 2.15. The van der Waals surface area contributed by atoms with Crippen LogP contribution in [-0.4, -0.2) is 31.1 Å². The van der Waals surface area contributed by atoms with Crippen molar-refractivity contribution in [2.75, 3.05) is 12.8 Å². The molecular formula is C12H14FN3O4. The Balaban J connectivity index is 2.70. The van der Waals surface area contributed by atoms with E-state index in [4.69, 9.17) is 10.5 Å². The average Bonchev–Trinajstić information content (AvgIpc) is 2.37. The number of benzene rings is 1. The van der Waals surface area contributed by atoms with Crippen LogP contribution in [0.3, 0.4) is 0 Å². The topological polar surface area (TPSA) is 111 Å². The summed E-state index contributed by atoms with van der Waals surface area (Å²) in [7, 11) is 1.33. The highest BCUT2D eigenvalue weighted by Gasteiger charge is 2.21. The monoisotopic (exact) mass is 283 g/mol. The Hall–Kier alpha value is -2.64. The van der Waals surface area contributed by atoms with E-state index in [1.807, 2.05) is 5.32 Å². The van der Waals surface area contributed by atoms with Crippen LogP contribution in [-0.2, 0) is 9.53 Å². The molecule has 0 bridgehead atoms. The van der Waals surface area contributed by atoms with Crippen LogP contribution in [0.4, 0.5) is 14.9 Å². The Labute approximate surface area is 114 Å². The van der Waals surface area contributed by atoms with Gasteiger partial charge in [-0.2, -0.15) is 0 Å². The fraction of sp³-hybridized carbons (Fsp3) is 0.250. The summed E-state index contributed by atoms with van der Waals surface area (Å²) in [6, 6.07) is 2.43. The van der Waals surface area contributed by atoms with Gasteiger partial charge in [0.25, 0.3) is 5.91 Å². The lowest BCUT2D eigenvalue weighted by Gasteiger charge is -2.13. The lowest BCUT2D eigenvalue weighted by Crippen LogP contribution is -2.43. The minimum atomic E-state index is -1.20. The smallest absolute Gasteiger partial charge is 0.341 e. The van der Waals surface area contributed by atoms with E-state index >= 15 is 0 Å². The summed E-state index contributed by atoms with van der Waals surface area (Å²) < 4.78 is 17.7. The third kappa shape index (κ3) is 3.94. The normalized spacial score (nSPS) is 11.3. The van der Waals surface area contributed by atoms with Gasteiger partial charge in [-0.3, -0.25) is 10.1 Å². The standard InChI is InChI=1S/C12H14FN3O4/c1-6(10(17)16-12(19)15-2)20-11(18)8-4-3-7(13)5-9(8)14/h3-6H,14H2,1-2H3,(H2,15,16,17,19)/t6-/m0/s1. The van der Waals surface area contributed by atoms with Crippen molar-refractivity contribution < 1.29 is 23.5 Å². The van der Waals surface area contributed by atoms with Crippen molar-refractivity contribution in [3.05, 3.63) is 29.6 Å². The van der Waals surface area contributed by atoms with Crippen molar-refractivity contribution in [2.45, 2.75) is 13.0 Å². The van der Waals surface area contributed by atoms with Crippen LogP contribution in [0.15, 0.2) is 18.2 Å². The molecule has 0 unspecified atom stereocenters. The number of nitrogens with one attached hydrogen (secondary N) is 2. The van der Waals surface area contributed by atoms with Crippen molar-refractivity contribution in [1.29, 1.82) is 0 Å². The van der Waals surface area contributed by atoms with Crippen LogP contribution in [0.5, 0.6) is 0 Å². The number of halogens is 1. The second kappa shape index (κ2) is 6.50. The molecule has 1 aromatic carbocycles. The maximum Gasteiger partial charge on any atom is 0.341 e. The fourth-order valence-electron chi connectivity index (χ4n) is 1.27. The van der Waals surface area contributed by atoms with Gasteiger partial charge in [0.1, 0.15) is 5.82 Å². The number of nitrogen functional groups attached to an aromatic ring is 1. The van der Waals surface area contributed by atoms with Crippen molar-refractivity contribution in [3.63, 3.8) is 0 Å². The van der Waals surface area contributed by atoms with E-state index in [2.05, 4.69) is 5.32 Å². The Morgan fingerprint density at radius 2 is 2.00 bits per heavy atom. The molecule has 1 aromatic rings. The zero-order valence-electron chi connectivity index (χ0n) is 10.9. The van der Waals surface area contributed by atoms with Crippen molar-refractivity contribution in [3.8, 4) is 0 Å². The van der Waals surface area contributed by atoms with Gasteiger partial charge in [-0.1, -0.05) is 0 Å². The molecule has 0 saturated heterocycles. The first-order valence-corrected chi connectivity index (χ1v) is 5.63. The average molecular weight is 283 g/mol. The van der Waals surface area contributed by atoms with Gasteiger partial charge in [0.05, 0.1) is 5.56 Å². The maximum absolute atomic E-state index is 12.8. The molecule has 1 atom stereocenters. The summed E-state index contributed by atoms with van der Waals surface area (Å²) in [6.45, 7) is 1.29. The molecule has 3 amide bonds. The molecule has 0 aliphatic rings. The number of imide groups is 1. The predicted octanol–water partition coefficient (Wildman–Crippen LogP) is 0.409. The third-order valence-corrected chi connectivity index (χ3v) is 2.35. The van der Waals surface area contributed by atoms with Gasteiger partial charge in [-0.15, -0.1) is 0 Å². The number of urea groups is 1. The molecule has 0 aromatic heterocycles. The molecule has 0 fully saturated rings. The Bertz CT molecular complexity index is 548.